The number of benzene rings is 2. The Balaban J connectivity index is 1.57. The van der Waals surface area contributed by atoms with Crippen LogP contribution in [0, 0.1) is 5.92 Å². The molecule has 1 amide bonds. The summed E-state index contributed by atoms with van der Waals surface area (Å²) >= 11 is 0. The number of anilines is 1. The Bertz CT molecular complexity index is 934. The normalized spacial score (nSPS) is 22.2. The number of methoxy groups -OCH3 is 1. The molecule has 1 N–H and O–H groups in total. The van der Waals surface area contributed by atoms with Gasteiger partial charge in [-0.15, -0.1) is 0 Å². The summed E-state index contributed by atoms with van der Waals surface area (Å²) in [7, 11) is 1.56. The molecule has 30 heavy (non-hydrogen) atoms. The first-order valence-corrected chi connectivity index (χ1v) is 10.5. The fourth-order valence-electron chi connectivity index (χ4n) is 4.33. The molecule has 6 nitrogen and oxygen atoms in total. The van der Waals surface area contributed by atoms with E-state index in [-0.39, 0.29) is 12.2 Å². The van der Waals surface area contributed by atoms with Gasteiger partial charge in [-0.25, -0.2) is 0 Å². The number of hydrogen-bond acceptors (Lipinski definition) is 5. The molecule has 0 saturated carbocycles. The molecule has 2 aliphatic rings. The van der Waals surface area contributed by atoms with E-state index in [1.54, 1.807) is 48.4 Å². The fraction of sp³-hybridized carbons (Fsp3) is 0.417. The molecular formula is C24H28N2O4. The second-order valence-electron chi connectivity index (χ2n) is 8.38. The van der Waals surface area contributed by atoms with Crippen molar-refractivity contribution in [2.75, 3.05) is 31.8 Å². The topological polar surface area (TPSA) is 70.1 Å². The first kappa shape index (κ1) is 20.6. The van der Waals surface area contributed by atoms with Crippen LogP contribution in [0.4, 0.5) is 5.69 Å². The first-order chi connectivity index (χ1) is 14.4. The first-order valence-electron chi connectivity index (χ1n) is 10.5. The van der Waals surface area contributed by atoms with Gasteiger partial charge >= 0.3 is 0 Å². The van der Waals surface area contributed by atoms with E-state index >= 15 is 0 Å². The Hall–Kier alpha value is -2.70. The molecule has 0 aromatic heterocycles. The van der Waals surface area contributed by atoms with Gasteiger partial charge in [0.25, 0.3) is 5.91 Å². The third-order valence-corrected chi connectivity index (χ3v) is 6.29. The SMILES string of the molecule is COc1ccc(C(=O)CC2(O)C(=O)N(CN3CCC(C)CC3)c3ccccc32)cc1. The summed E-state index contributed by atoms with van der Waals surface area (Å²) in [4.78, 5) is 30.2. The van der Waals surface area contributed by atoms with Gasteiger partial charge in [-0.1, -0.05) is 25.1 Å². The van der Waals surface area contributed by atoms with Gasteiger partial charge in [-0.05, 0) is 49.1 Å². The number of aliphatic hydroxyl groups is 1. The van der Waals surface area contributed by atoms with Crippen molar-refractivity contribution in [1.82, 2.24) is 4.90 Å². The number of rotatable bonds is 6. The zero-order chi connectivity index (χ0) is 21.3. The Morgan fingerprint density at radius 3 is 2.47 bits per heavy atom. The van der Waals surface area contributed by atoms with Crippen molar-refractivity contribution in [1.29, 1.82) is 0 Å². The van der Waals surface area contributed by atoms with Crippen LogP contribution in [-0.2, 0) is 10.4 Å². The highest BCUT2D eigenvalue weighted by Gasteiger charge is 2.51. The Morgan fingerprint density at radius 1 is 1.13 bits per heavy atom. The maximum atomic E-state index is 13.4. The molecule has 0 bridgehead atoms. The predicted molar refractivity (Wildman–Crippen MR) is 115 cm³/mol. The minimum Gasteiger partial charge on any atom is -0.497 e. The number of hydrogen-bond donors (Lipinski definition) is 1. The maximum Gasteiger partial charge on any atom is 0.265 e. The lowest BCUT2D eigenvalue weighted by Crippen LogP contribution is -2.48. The van der Waals surface area contributed by atoms with Crippen LogP contribution in [0.5, 0.6) is 5.75 Å². The number of nitrogens with zero attached hydrogens (tertiary/aromatic N) is 2. The minimum atomic E-state index is -1.85. The van der Waals surface area contributed by atoms with Crippen LogP contribution < -0.4 is 9.64 Å². The van der Waals surface area contributed by atoms with Crippen molar-refractivity contribution in [3.63, 3.8) is 0 Å². The zero-order valence-electron chi connectivity index (χ0n) is 17.5. The number of ketones is 1. The lowest BCUT2D eigenvalue weighted by molar-refractivity contribution is -0.136. The third-order valence-electron chi connectivity index (χ3n) is 6.29. The van der Waals surface area contributed by atoms with Crippen LogP contribution in [0.15, 0.2) is 48.5 Å². The summed E-state index contributed by atoms with van der Waals surface area (Å²) in [5.74, 6) is 0.637. The fourth-order valence-corrected chi connectivity index (χ4v) is 4.33. The molecule has 1 atom stereocenters. The van der Waals surface area contributed by atoms with Gasteiger partial charge in [-0.3, -0.25) is 19.4 Å². The average Bonchev–Trinajstić information content (AvgIpc) is 2.97. The van der Waals surface area contributed by atoms with Gasteiger partial charge in [0.2, 0.25) is 0 Å². The number of carbonyl (C=O) groups excluding carboxylic acids is 2. The van der Waals surface area contributed by atoms with Crippen LogP contribution in [0.1, 0.15) is 42.1 Å². The number of carbonyl (C=O) groups is 2. The number of amides is 1. The van der Waals surface area contributed by atoms with Crippen molar-refractivity contribution >= 4 is 17.4 Å². The van der Waals surface area contributed by atoms with Gasteiger partial charge in [0.15, 0.2) is 11.4 Å². The summed E-state index contributed by atoms with van der Waals surface area (Å²) in [6, 6.07) is 13.9. The maximum absolute atomic E-state index is 13.4. The number of fused-ring (bicyclic) bond motifs is 1. The molecule has 2 aromatic carbocycles. The predicted octanol–water partition coefficient (Wildman–Crippen LogP) is 3.19. The molecule has 1 saturated heterocycles. The van der Waals surface area contributed by atoms with Crippen molar-refractivity contribution in [3.8, 4) is 5.75 Å². The highest BCUT2D eigenvalue weighted by Crippen LogP contribution is 2.43. The molecule has 0 spiro atoms. The molecule has 0 radical (unpaired) electrons. The summed E-state index contributed by atoms with van der Waals surface area (Å²) in [5, 5.41) is 11.4. The largest absolute Gasteiger partial charge is 0.497 e. The van der Waals surface area contributed by atoms with Gasteiger partial charge in [0.05, 0.1) is 25.9 Å². The number of Topliss-reactive ketones (excluding diaryl/α,β-unsaturated/α-hetero) is 1. The molecule has 2 aliphatic heterocycles. The molecule has 6 heteroatoms. The van der Waals surface area contributed by atoms with Gasteiger partial charge in [-0.2, -0.15) is 0 Å². The molecular weight excluding hydrogens is 380 g/mol. The molecule has 2 heterocycles. The minimum absolute atomic E-state index is 0.281. The van der Waals surface area contributed by atoms with Crippen LogP contribution in [0.3, 0.4) is 0 Å². The number of para-hydroxylation sites is 1. The lowest BCUT2D eigenvalue weighted by Gasteiger charge is -2.34. The van der Waals surface area contributed by atoms with E-state index in [1.807, 2.05) is 12.1 Å². The number of likely N-dealkylation sites (tertiary alicyclic amines) is 1. The zero-order valence-corrected chi connectivity index (χ0v) is 17.5. The smallest absolute Gasteiger partial charge is 0.265 e. The number of ether oxygens (including phenoxy) is 1. The molecule has 1 fully saturated rings. The van der Waals surface area contributed by atoms with E-state index in [1.165, 1.54) is 0 Å². The van der Waals surface area contributed by atoms with E-state index < -0.39 is 11.5 Å². The van der Waals surface area contributed by atoms with Crippen LogP contribution in [-0.4, -0.2) is 48.6 Å². The van der Waals surface area contributed by atoms with E-state index in [0.717, 1.165) is 25.9 Å². The number of piperidine rings is 1. The van der Waals surface area contributed by atoms with E-state index in [2.05, 4.69) is 11.8 Å². The second-order valence-corrected chi connectivity index (χ2v) is 8.38. The van der Waals surface area contributed by atoms with Crippen LogP contribution >= 0.6 is 0 Å². The molecule has 1 unspecified atom stereocenters. The van der Waals surface area contributed by atoms with Gasteiger partial charge < -0.3 is 9.84 Å². The summed E-state index contributed by atoms with van der Waals surface area (Å²) in [6.45, 7) is 4.53. The second kappa shape index (κ2) is 8.20. The lowest BCUT2D eigenvalue weighted by atomic mass is 9.88. The Kier molecular flexibility index (Phi) is 5.62. The third kappa shape index (κ3) is 3.73. The van der Waals surface area contributed by atoms with Crippen molar-refractivity contribution in [3.05, 3.63) is 59.7 Å². The summed E-state index contributed by atoms with van der Waals surface area (Å²) in [6.07, 6.45) is 1.91. The van der Waals surface area contributed by atoms with Crippen molar-refractivity contribution in [2.45, 2.75) is 31.8 Å². The Labute approximate surface area is 177 Å². The average molecular weight is 408 g/mol. The molecule has 158 valence electrons. The quantitative estimate of drug-likeness (QED) is 0.744. The van der Waals surface area contributed by atoms with E-state index in [9.17, 15) is 14.7 Å². The molecule has 4 rings (SSSR count). The highest BCUT2D eigenvalue weighted by molar-refractivity contribution is 6.10. The Morgan fingerprint density at radius 2 is 1.80 bits per heavy atom. The van der Waals surface area contributed by atoms with Gasteiger partial charge in [0.1, 0.15) is 5.75 Å². The molecule has 2 aromatic rings. The van der Waals surface area contributed by atoms with E-state index in [0.29, 0.717) is 35.2 Å². The standard InChI is InChI=1S/C24H28N2O4/c1-17-11-13-25(14-12-17)16-26-21-6-4-3-5-20(21)24(29,23(26)28)15-22(27)18-7-9-19(30-2)10-8-18/h3-10,17,29H,11-16H2,1-2H3. The highest BCUT2D eigenvalue weighted by atomic mass is 16.5. The van der Waals surface area contributed by atoms with Gasteiger partial charge in [0, 0.05) is 24.2 Å². The summed E-state index contributed by atoms with van der Waals surface area (Å²) < 4.78 is 5.13. The van der Waals surface area contributed by atoms with Crippen molar-refractivity contribution in [2.24, 2.45) is 5.92 Å². The monoisotopic (exact) mass is 408 g/mol. The summed E-state index contributed by atoms with van der Waals surface area (Å²) in [5.41, 5.74) is -0.220. The molecule has 0 aliphatic carbocycles. The van der Waals surface area contributed by atoms with Crippen LogP contribution in [0.25, 0.3) is 0 Å². The van der Waals surface area contributed by atoms with E-state index in [4.69, 9.17) is 4.74 Å². The van der Waals surface area contributed by atoms with Crippen LogP contribution in [0.2, 0.25) is 0 Å². The van der Waals surface area contributed by atoms with Crippen molar-refractivity contribution < 1.29 is 19.4 Å².